The molecule has 3 amide bonds. The van der Waals surface area contributed by atoms with Crippen molar-refractivity contribution < 1.29 is 14.3 Å². The molecule has 0 unspecified atom stereocenters. The number of methoxy groups -OCH3 is 1. The van der Waals surface area contributed by atoms with E-state index in [0.29, 0.717) is 6.54 Å². The number of rotatable bonds is 3. The number of hydrogen-bond acceptors (Lipinski definition) is 3. The van der Waals surface area contributed by atoms with Crippen LogP contribution in [-0.4, -0.2) is 29.5 Å². The summed E-state index contributed by atoms with van der Waals surface area (Å²) >= 11 is 0. The van der Waals surface area contributed by atoms with Crippen LogP contribution >= 0.6 is 0 Å². The van der Waals surface area contributed by atoms with Gasteiger partial charge in [0.25, 0.3) is 5.91 Å². The monoisotopic (exact) mass is 274 g/mol. The largest absolute Gasteiger partial charge is 0.497 e. The van der Waals surface area contributed by atoms with Gasteiger partial charge in [0.05, 0.1) is 13.7 Å². The molecule has 1 aliphatic heterocycles. The summed E-state index contributed by atoms with van der Waals surface area (Å²) < 4.78 is 5.10. The van der Waals surface area contributed by atoms with E-state index in [4.69, 9.17) is 4.74 Å². The minimum absolute atomic E-state index is 0.0733. The first kappa shape index (κ1) is 13.0. The highest BCUT2D eigenvalue weighted by Crippen LogP contribution is 2.35. The summed E-state index contributed by atoms with van der Waals surface area (Å²) in [6.45, 7) is 0.316. The highest BCUT2D eigenvalue weighted by atomic mass is 16.5. The molecule has 1 spiro atoms. The second-order valence-electron chi connectivity index (χ2n) is 5.46. The third-order valence-corrected chi connectivity index (χ3v) is 4.20. The minimum Gasteiger partial charge on any atom is -0.497 e. The van der Waals surface area contributed by atoms with E-state index in [1.807, 2.05) is 24.3 Å². The summed E-state index contributed by atoms with van der Waals surface area (Å²) in [5.74, 6) is 0.689. The molecule has 0 atom stereocenters. The van der Waals surface area contributed by atoms with E-state index in [1.165, 1.54) is 4.90 Å². The molecule has 20 heavy (non-hydrogen) atoms. The maximum absolute atomic E-state index is 12.5. The SMILES string of the molecule is COc1ccc(CN2C(=O)NC3(CCCC3)C2=O)cc1. The number of benzene rings is 1. The Morgan fingerprint density at radius 1 is 1.20 bits per heavy atom. The van der Waals surface area contributed by atoms with Gasteiger partial charge in [-0.1, -0.05) is 25.0 Å². The molecule has 2 aliphatic rings. The van der Waals surface area contributed by atoms with Crippen LogP contribution in [0, 0.1) is 0 Å². The van der Waals surface area contributed by atoms with Crippen molar-refractivity contribution in [2.75, 3.05) is 7.11 Å². The highest BCUT2D eigenvalue weighted by molar-refractivity contribution is 6.07. The van der Waals surface area contributed by atoms with Crippen molar-refractivity contribution in [2.45, 2.75) is 37.8 Å². The van der Waals surface area contributed by atoms with Crippen LogP contribution in [0.3, 0.4) is 0 Å². The lowest BCUT2D eigenvalue weighted by atomic mass is 9.98. The maximum atomic E-state index is 12.5. The standard InChI is InChI=1S/C15H18N2O3/c1-20-12-6-4-11(5-7-12)10-17-13(18)15(16-14(17)19)8-2-3-9-15/h4-7H,2-3,8-10H2,1H3,(H,16,19). The molecule has 2 fully saturated rings. The molecule has 0 radical (unpaired) electrons. The van der Waals surface area contributed by atoms with Gasteiger partial charge in [-0.15, -0.1) is 0 Å². The Balaban J connectivity index is 1.76. The van der Waals surface area contributed by atoms with Gasteiger partial charge in [-0.2, -0.15) is 0 Å². The Bertz CT molecular complexity index is 533. The zero-order chi connectivity index (χ0) is 14.2. The van der Waals surface area contributed by atoms with Crippen molar-refractivity contribution in [3.05, 3.63) is 29.8 Å². The molecule has 0 aromatic heterocycles. The molecule has 1 N–H and O–H groups in total. The van der Waals surface area contributed by atoms with Gasteiger partial charge in [0, 0.05) is 0 Å². The molecule has 1 saturated carbocycles. The first-order valence-electron chi connectivity index (χ1n) is 6.92. The summed E-state index contributed by atoms with van der Waals surface area (Å²) in [4.78, 5) is 25.9. The summed E-state index contributed by atoms with van der Waals surface area (Å²) in [5, 5.41) is 2.88. The minimum atomic E-state index is -0.621. The van der Waals surface area contributed by atoms with Crippen molar-refractivity contribution in [1.29, 1.82) is 0 Å². The first-order valence-corrected chi connectivity index (χ1v) is 6.92. The lowest BCUT2D eigenvalue weighted by molar-refractivity contribution is -0.131. The van der Waals surface area contributed by atoms with Crippen molar-refractivity contribution in [3.63, 3.8) is 0 Å². The van der Waals surface area contributed by atoms with Crippen molar-refractivity contribution >= 4 is 11.9 Å². The van der Waals surface area contributed by atoms with Crippen LogP contribution in [0.25, 0.3) is 0 Å². The molecule has 1 aromatic carbocycles. The Morgan fingerprint density at radius 2 is 1.85 bits per heavy atom. The number of carbonyl (C=O) groups is 2. The van der Waals surface area contributed by atoms with Crippen molar-refractivity contribution in [3.8, 4) is 5.75 Å². The molecular weight excluding hydrogens is 256 g/mol. The average molecular weight is 274 g/mol. The smallest absolute Gasteiger partial charge is 0.325 e. The van der Waals surface area contributed by atoms with E-state index in [2.05, 4.69) is 5.32 Å². The predicted octanol–water partition coefficient (Wildman–Crippen LogP) is 2.06. The van der Waals surface area contributed by atoms with Crippen LogP contribution in [0.4, 0.5) is 4.79 Å². The molecule has 1 saturated heterocycles. The van der Waals surface area contributed by atoms with E-state index >= 15 is 0 Å². The Morgan fingerprint density at radius 3 is 2.45 bits per heavy atom. The van der Waals surface area contributed by atoms with Crippen LogP contribution in [0.1, 0.15) is 31.2 Å². The average Bonchev–Trinajstić information content (AvgIpc) is 3.01. The van der Waals surface area contributed by atoms with Gasteiger partial charge in [-0.05, 0) is 30.5 Å². The van der Waals surface area contributed by atoms with E-state index < -0.39 is 5.54 Å². The summed E-state index contributed by atoms with van der Waals surface area (Å²) in [6.07, 6.45) is 3.53. The third kappa shape index (κ3) is 2.03. The third-order valence-electron chi connectivity index (χ3n) is 4.20. The number of amides is 3. The first-order chi connectivity index (χ1) is 9.64. The number of imide groups is 1. The number of hydrogen-bond donors (Lipinski definition) is 1. The number of nitrogens with zero attached hydrogens (tertiary/aromatic N) is 1. The Kier molecular flexibility index (Phi) is 3.12. The molecule has 0 bridgehead atoms. The molecule has 5 heteroatoms. The Hall–Kier alpha value is -2.04. The van der Waals surface area contributed by atoms with E-state index in [9.17, 15) is 9.59 Å². The van der Waals surface area contributed by atoms with Gasteiger partial charge in [0.2, 0.25) is 0 Å². The molecule has 5 nitrogen and oxygen atoms in total. The van der Waals surface area contributed by atoms with Gasteiger partial charge >= 0.3 is 6.03 Å². The van der Waals surface area contributed by atoms with Crippen LogP contribution in [-0.2, 0) is 11.3 Å². The zero-order valence-corrected chi connectivity index (χ0v) is 11.5. The second kappa shape index (κ2) is 4.81. The Labute approximate surface area is 117 Å². The zero-order valence-electron chi connectivity index (χ0n) is 11.5. The number of ether oxygens (including phenoxy) is 1. The molecule has 3 rings (SSSR count). The fourth-order valence-corrected chi connectivity index (χ4v) is 3.05. The second-order valence-corrected chi connectivity index (χ2v) is 5.46. The summed E-state index contributed by atoms with van der Waals surface area (Å²) in [6, 6.07) is 7.14. The molecular formula is C15H18N2O3. The van der Waals surface area contributed by atoms with Crippen LogP contribution in [0.2, 0.25) is 0 Å². The lowest BCUT2D eigenvalue weighted by Gasteiger charge is -2.20. The van der Waals surface area contributed by atoms with Crippen LogP contribution in [0.15, 0.2) is 24.3 Å². The van der Waals surface area contributed by atoms with Gasteiger partial charge < -0.3 is 10.1 Å². The van der Waals surface area contributed by atoms with Gasteiger partial charge in [-0.3, -0.25) is 9.69 Å². The highest BCUT2D eigenvalue weighted by Gasteiger charge is 2.52. The fourth-order valence-electron chi connectivity index (χ4n) is 3.05. The van der Waals surface area contributed by atoms with Gasteiger partial charge in [0.15, 0.2) is 0 Å². The van der Waals surface area contributed by atoms with Crippen molar-refractivity contribution in [1.82, 2.24) is 10.2 Å². The molecule has 106 valence electrons. The maximum Gasteiger partial charge on any atom is 0.325 e. The number of urea groups is 1. The lowest BCUT2D eigenvalue weighted by Crippen LogP contribution is -2.44. The fraction of sp³-hybridized carbons (Fsp3) is 0.467. The van der Waals surface area contributed by atoms with Crippen LogP contribution in [0.5, 0.6) is 5.75 Å². The number of nitrogens with one attached hydrogen (secondary N) is 1. The molecule has 1 aromatic rings. The summed E-state index contributed by atoms with van der Waals surface area (Å²) in [5.41, 5.74) is 0.299. The topological polar surface area (TPSA) is 58.6 Å². The van der Waals surface area contributed by atoms with E-state index in [-0.39, 0.29) is 11.9 Å². The molecule has 1 aliphatic carbocycles. The quantitative estimate of drug-likeness (QED) is 0.858. The summed E-state index contributed by atoms with van der Waals surface area (Å²) in [7, 11) is 1.61. The van der Waals surface area contributed by atoms with Crippen molar-refractivity contribution in [2.24, 2.45) is 0 Å². The molecule has 1 heterocycles. The van der Waals surface area contributed by atoms with E-state index in [0.717, 1.165) is 37.0 Å². The number of carbonyl (C=O) groups excluding carboxylic acids is 2. The normalized spacial score (nSPS) is 20.6. The van der Waals surface area contributed by atoms with E-state index in [1.54, 1.807) is 7.11 Å². The van der Waals surface area contributed by atoms with Crippen LogP contribution < -0.4 is 10.1 Å². The predicted molar refractivity (Wildman–Crippen MR) is 73.3 cm³/mol. The van der Waals surface area contributed by atoms with Gasteiger partial charge in [0.1, 0.15) is 11.3 Å². The van der Waals surface area contributed by atoms with Gasteiger partial charge in [-0.25, -0.2) is 4.79 Å².